The van der Waals surface area contributed by atoms with Crippen molar-refractivity contribution in [2.24, 2.45) is 0 Å². The molecule has 0 unspecified atom stereocenters. The van der Waals surface area contributed by atoms with Crippen LogP contribution in [0, 0.1) is 6.92 Å². The Morgan fingerprint density at radius 1 is 1.02 bits per heavy atom. The fraction of sp³-hybridized carbons (Fsp3) is 0.207. The highest BCUT2D eigenvalue weighted by atomic mass is 32.2. The molecule has 0 spiro atoms. The van der Waals surface area contributed by atoms with Crippen molar-refractivity contribution in [3.8, 4) is 11.1 Å². The highest BCUT2D eigenvalue weighted by molar-refractivity contribution is 7.90. The van der Waals surface area contributed by atoms with E-state index in [0.29, 0.717) is 41.4 Å². The number of nitrogens with one attached hydrogen (secondary N) is 1. The molecule has 11 heteroatoms. The second-order valence-electron chi connectivity index (χ2n) is 9.49. The smallest absolute Gasteiger partial charge is 0.370 e. The minimum Gasteiger partial charge on any atom is -0.370 e. The average Bonchev–Trinajstić information content (AvgIpc) is 3.43. The summed E-state index contributed by atoms with van der Waals surface area (Å²) >= 11 is 1.16. The van der Waals surface area contributed by atoms with Crippen molar-refractivity contribution in [1.29, 1.82) is 0 Å². The summed E-state index contributed by atoms with van der Waals surface area (Å²) in [5.74, 6) is -0.679. The summed E-state index contributed by atoms with van der Waals surface area (Å²) in [5, 5.41) is 1.70. The number of anilines is 1. The number of hydrogen-bond donors (Lipinski definition) is 1. The van der Waals surface area contributed by atoms with Crippen molar-refractivity contribution in [2.75, 3.05) is 18.0 Å². The van der Waals surface area contributed by atoms with E-state index >= 15 is 0 Å². The van der Waals surface area contributed by atoms with Crippen LogP contribution in [0.15, 0.2) is 89.1 Å². The number of halogens is 3. The quantitative estimate of drug-likeness (QED) is 0.264. The largest absolute Gasteiger partial charge is 0.416 e. The normalized spacial score (nSPS) is 14.2. The predicted molar refractivity (Wildman–Crippen MR) is 148 cm³/mol. The molecule has 4 aromatic rings. The Hall–Kier alpha value is -3.67. The average molecular weight is 587 g/mol. The highest BCUT2D eigenvalue weighted by Gasteiger charge is 2.32. The fourth-order valence-corrected chi connectivity index (χ4v) is 6.21. The summed E-state index contributed by atoms with van der Waals surface area (Å²) in [7, 11) is -4.12. The van der Waals surface area contributed by atoms with Crippen LogP contribution in [0.2, 0.25) is 0 Å². The van der Waals surface area contributed by atoms with Gasteiger partial charge in [-0.3, -0.25) is 4.79 Å². The van der Waals surface area contributed by atoms with E-state index < -0.39 is 27.7 Å². The molecule has 40 heavy (non-hydrogen) atoms. The molecule has 6 nitrogen and oxygen atoms in total. The van der Waals surface area contributed by atoms with Gasteiger partial charge < -0.3 is 9.64 Å². The third-order valence-electron chi connectivity index (χ3n) is 6.56. The standard InChI is InChI=1S/C29H25F3N2O4S2/c1-19-4-13-27(40(36,37)33-28(35)26-3-2-14-39-26)25(15-19)21-7-5-20(6-8-21)18-38-24-16-34(17-24)23-11-9-22(10-12-23)29(30,31)32/h2-15,24H,16-18H2,1H3,(H,33,35). The van der Waals surface area contributed by atoms with Crippen LogP contribution in [0.5, 0.6) is 0 Å². The van der Waals surface area contributed by atoms with E-state index in [2.05, 4.69) is 4.72 Å². The Morgan fingerprint density at radius 2 is 1.73 bits per heavy atom. The Morgan fingerprint density at radius 3 is 2.35 bits per heavy atom. The van der Waals surface area contributed by atoms with E-state index in [1.165, 1.54) is 18.2 Å². The first-order valence-corrected chi connectivity index (χ1v) is 14.7. The number of thiophene rings is 1. The topological polar surface area (TPSA) is 75.7 Å². The molecule has 1 aliphatic rings. The molecular formula is C29H25F3N2O4S2. The number of carbonyl (C=O) groups excluding carboxylic acids is 1. The zero-order chi connectivity index (χ0) is 28.5. The summed E-state index contributed by atoms with van der Waals surface area (Å²) in [5.41, 5.74) is 2.95. The Kier molecular flexibility index (Phi) is 7.72. The van der Waals surface area contributed by atoms with Gasteiger partial charge in [-0.25, -0.2) is 13.1 Å². The highest BCUT2D eigenvalue weighted by Crippen LogP contribution is 2.32. The molecule has 0 aliphatic carbocycles. The lowest BCUT2D eigenvalue weighted by Crippen LogP contribution is -2.52. The number of benzene rings is 3. The molecule has 208 valence electrons. The van der Waals surface area contributed by atoms with Gasteiger partial charge in [-0.15, -0.1) is 11.3 Å². The number of aryl methyl sites for hydroxylation is 1. The molecule has 1 fully saturated rings. The Labute approximate surface area is 234 Å². The van der Waals surface area contributed by atoms with Gasteiger partial charge in [0.05, 0.1) is 28.0 Å². The molecule has 5 rings (SSSR count). The first kappa shape index (κ1) is 27.9. The molecular weight excluding hydrogens is 561 g/mol. The van der Waals surface area contributed by atoms with Gasteiger partial charge >= 0.3 is 6.18 Å². The number of carbonyl (C=O) groups is 1. The van der Waals surface area contributed by atoms with E-state index in [9.17, 15) is 26.4 Å². The van der Waals surface area contributed by atoms with Crippen LogP contribution < -0.4 is 9.62 Å². The van der Waals surface area contributed by atoms with E-state index in [0.717, 1.165) is 34.6 Å². The lowest BCUT2D eigenvalue weighted by atomic mass is 10.0. The number of ether oxygens (including phenoxy) is 1. The molecule has 0 bridgehead atoms. The summed E-state index contributed by atoms with van der Waals surface area (Å²) in [6, 6.07) is 20.6. The number of amides is 1. The Bertz CT molecular complexity index is 1600. The van der Waals surface area contributed by atoms with Crippen molar-refractivity contribution in [3.63, 3.8) is 0 Å². The first-order valence-electron chi connectivity index (χ1n) is 12.3. The number of hydrogen-bond acceptors (Lipinski definition) is 6. The zero-order valence-corrected chi connectivity index (χ0v) is 22.9. The van der Waals surface area contributed by atoms with E-state index in [1.807, 2.05) is 36.1 Å². The van der Waals surface area contributed by atoms with Gasteiger partial charge in [0.15, 0.2) is 0 Å². The monoisotopic (exact) mass is 586 g/mol. The minimum atomic E-state index is -4.36. The molecule has 1 N–H and O–H groups in total. The SMILES string of the molecule is Cc1ccc(S(=O)(=O)NC(=O)c2cccs2)c(-c2ccc(COC3CN(c4ccc(C(F)(F)F)cc4)C3)cc2)c1. The van der Waals surface area contributed by atoms with E-state index in [4.69, 9.17) is 4.74 Å². The second kappa shape index (κ2) is 11.1. The maximum atomic E-state index is 13.1. The number of alkyl halides is 3. The van der Waals surface area contributed by atoms with Crippen molar-refractivity contribution < 1.29 is 31.1 Å². The van der Waals surface area contributed by atoms with Crippen LogP contribution >= 0.6 is 11.3 Å². The molecule has 0 radical (unpaired) electrons. The van der Waals surface area contributed by atoms with Gasteiger partial charge in [-0.1, -0.05) is 48.0 Å². The van der Waals surface area contributed by atoms with Gasteiger partial charge in [-0.2, -0.15) is 13.2 Å². The van der Waals surface area contributed by atoms with Gasteiger partial charge in [0.2, 0.25) is 0 Å². The molecule has 1 aliphatic heterocycles. The third kappa shape index (κ3) is 6.22. The van der Waals surface area contributed by atoms with Crippen molar-refractivity contribution in [2.45, 2.75) is 30.7 Å². The van der Waals surface area contributed by atoms with Gasteiger partial charge in [-0.05, 0) is 59.8 Å². The maximum Gasteiger partial charge on any atom is 0.416 e. The molecule has 1 amide bonds. The summed E-state index contributed by atoms with van der Waals surface area (Å²) in [6.07, 6.45) is -4.41. The summed E-state index contributed by atoms with van der Waals surface area (Å²) in [4.78, 5) is 14.7. The first-order chi connectivity index (χ1) is 19.0. The second-order valence-corrected chi connectivity index (χ2v) is 12.1. The van der Waals surface area contributed by atoms with E-state index in [1.54, 1.807) is 29.6 Å². The fourth-order valence-electron chi connectivity index (χ4n) is 4.35. The van der Waals surface area contributed by atoms with E-state index in [-0.39, 0.29) is 11.0 Å². The summed E-state index contributed by atoms with van der Waals surface area (Å²) in [6.45, 7) is 3.34. The van der Waals surface area contributed by atoms with Crippen LogP contribution in [-0.2, 0) is 27.5 Å². The molecule has 3 aromatic carbocycles. The lowest BCUT2D eigenvalue weighted by Gasteiger charge is -2.40. The third-order valence-corrected chi connectivity index (χ3v) is 8.81. The Balaban J connectivity index is 1.21. The minimum absolute atomic E-state index is 0.00447. The molecule has 2 heterocycles. The number of sulfonamides is 1. The van der Waals surface area contributed by atoms with Crippen LogP contribution in [0.25, 0.3) is 11.1 Å². The van der Waals surface area contributed by atoms with Crippen LogP contribution in [0.1, 0.15) is 26.4 Å². The van der Waals surface area contributed by atoms with Crippen molar-refractivity contribution >= 4 is 33.0 Å². The van der Waals surface area contributed by atoms with Crippen molar-refractivity contribution in [3.05, 3.63) is 106 Å². The van der Waals surface area contributed by atoms with Crippen LogP contribution in [-0.4, -0.2) is 33.5 Å². The molecule has 1 aromatic heterocycles. The molecule has 0 atom stereocenters. The zero-order valence-electron chi connectivity index (χ0n) is 21.3. The van der Waals surface area contributed by atoms with Gasteiger partial charge in [0, 0.05) is 24.3 Å². The lowest BCUT2D eigenvalue weighted by molar-refractivity contribution is -0.137. The van der Waals surface area contributed by atoms with Crippen molar-refractivity contribution in [1.82, 2.24) is 4.72 Å². The molecule has 1 saturated heterocycles. The number of nitrogens with zero attached hydrogens (tertiary/aromatic N) is 1. The number of rotatable bonds is 8. The van der Waals surface area contributed by atoms with Crippen LogP contribution in [0.4, 0.5) is 18.9 Å². The predicted octanol–water partition coefficient (Wildman–Crippen LogP) is 6.27. The molecule has 0 saturated carbocycles. The van der Waals surface area contributed by atoms with Crippen LogP contribution in [0.3, 0.4) is 0 Å². The summed E-state index contributed by atoms with van der Waals surface area (Å²) < 4.78 is 72.6. The van der Waals surface area contributed by atoms with Gasteiger partial charge in [0.25, 0.3) is 15.9 Å². The maximum absolute atomic E-state index is 13.1. The van der Waals surface area contributed by atoms with Gasteiger partial charge in [0.1, 0.15) is 0 Å².